The van der Waals surface area contributed by atoms with E-state index in [-0.39, 0.29) is 17.2 Å². The minimum atomic E-state index is 0.000625. The van der Waals surface area contributed by atoms with Crippen LogP contribution in [0, 0.1) is 11.3 Å². The van der Waals surface area contributed by atoms with Crippen LogP contribution in [0.2, 0.25) is 0 Å². The second-order valence-corrected chi connectivity index (χ2v) is 8.70. The van der Waals surface area contributed by atoms with Crippen molar-refractivity contribution in [2.75, 3.05) is 52.4 Å². The largest absolute Gasteiger partial charge is 0.354 e. The van der Waals surface area contributed by atoms with Gasteiger partial charge in [-0.15, -0.1) is 0 Å². The van der Waals surface area contributed by atoms with Gasteiger partial charge in [0.1, 0.15) is 0 Å². The van der Waals surface area contributed by atoms with Gasteiger partial charge in [-0.3, -0.25) is 19.3 Å². The number of carbonyl (C=O) groups excluding carboxylic acids is 3. The van der Waals surface area contributed by atoms with Crippen molar-refractivity contribution < 1.29 is 14.4 Å². The molecule has 3 aliphatic heterocycles. The molecule has 1 atom stereocenters. The van der Waals surface area contributed by atoms with Crippen LogP contribution in [-0.2, 0) is 14.4 Å². The second-order valence-electron chi connectivity index (χ2n) is 8.70. The van der Waals surface area contributed by atoms with Gasteiger partial charge in [-0.1, -0.05) is 0 Å². The van der Waals surface area contributed by atoms with Crippen LogP contribution in [0.4, 0.5) is 0 Å². The van der Waals surface area contributed by atoms with Crippen LogP contribution in [0.25, 0.3) is 0 Å². The third kappa shape index (κ3) is 4.03. The van der Waals surface area contributed by atoms with Crippen LogP contribution in [-0.4, -0.2) is 84.8 Å². The smallest absolute Gasteiger partial charge is 0.236 e. The number of likely N-dealkylation sites (tertiary alicyclic amines) is 2. The van der Waals surface area contributed by atoms with E-state index in [1.165, 1.54) is 12.8 Å². The van der Waals surface area contributed by atoms with Gasteiger partial charge >= 0.3 is 0 Å². The van der Waals surface area contributed by atoms with Crippen molar-refractivity contribution in [3.8, 4) is 0 Å². The molecule has 26 heavy (non-hydrogen) atoms. The summed E-state index contributed by atoms with van der Waals surface area (Å²) in [4.78, 5) is 42.6. The van der Waals surface area contributed by atoms with Gasteiger partial charge in [0.05, 0.1) is 13.1 Å². The van der Waals surface area contributed by atoms with E-state index in [1.54, 1.807) is 0 Å². The van der Waals surface area contributed by atoms with Crippen molar-refractivity contribution in [3.63, 3.8) is 0 Å². The molecule has 0 radical (unpaired) electrons. The predicted molar refractivity (Wildman–Crippen MR) is 96.2 cm³/mol. The molecule has 1 saturated carbocycles. The molecule has 0 aromatic rings. The van der Waals surface area contributed by atoms with Gasteiger partial charge in [-0.2, -0.15) is 0 Å². The normalized spacial score (nSPS) is 30.6. The molecule has 1 N–H and O–H groups in total. The van der Waals surface area contributed by atoms with Crippen LogP contribution in [0.1, 0.15) is 38.5 Å². The van der Waals surface area contributed by atoms with Gasteiger partial charge < -0.3 is 15.1 Å². The van der Waals surface area contributed by atoms with Crippen molar-refractivity contribution >= 4 is 17.7 Å². The first-order valence-corrected chi connectivity index (χ1v) is 10.1. The van der Waals surface area contributed by atoms with Crippen molar-refractivity contribution in [1.29, 1.82) is 0 Å². The topological polar surface area (TPSA) is 73.0 Å². The van der Waals surface area contributed by atoms with Gasteiger partial charge in [0, 0.05) is 51.1 Å². The fourth-order valence-electron chi connectivity index (χ4n) is 4.75. The van der Waals surface area contributed by atoms with Crippen molar-refractivity contribution in [2.24, 2.45) is 11.3 Å². The van der Waals surface area contributed by atoms with E-state index in [0.717, 1.165) is 52.0 Å². The van der Waals surface area contributed by atoms with E-state index in [4.69, 9.17) is 0 Å². The summed E-state index contributed by atoms with van der Waals surface area (Å²) in [7, 11) is 0. The van der Waals surface area contributed by atoms with Crippen LogP contribution in [0.15, 0.2) is 0 Å². The molecular formula is C19H30N4O3. The number of nitrogens with zero attached hydrogens (tertiary/aromatic N) is 3. The third-order valence-electron chi connectivity index (χ3n) is 6.41. The first kappa shape index (κ1) is 17.8. The van der Waals surface area contributed by atoms with Crippen molar-refractivity contribution in [2.45, 2.75) is 38.5 Å². The highest BCUT2D eigenvalue weighted by Gasteiger charge is 2.43. The SMILES string of the molecule is O=C1CN(CC(=O)N2CCCC3(CCC(=O)N(CC4CC4)C3)C2)CCN1. The molecular weight excluding hydrogens is 332 g/mol. The molecule has 1 aliphatic carbocycles. The Morgan fingerprint density at radius 2 is 2.00 bits per heavy atom. The summed E-state index contributed by atoms with van der Waals surface area (Å²) in [6, 6.07) is 0. The molecule has 1 spiro atoms. The molecule has 1 unspecified atom stereocenters. The Hall–Kier alpha value is -1.63. The summed E-state index contributed by atoms with van der Waals surface area (Å²) in [6.07, 6.45) is 6.16. The molecule has 0 bridgehead atoms. The molecule has 144 valence electrons. The lowest BCUT2D eigenvalue weighted by atomic mass is 9.73. The molecule has 7 heteroatoms. The maximum atomic E-state index is 12.8. The van der Waals surface area contributed by atoms with E-state index in [9.17, 15) is 14.4 Å². The quantitative estimate of drug-likeness (QED) is 0.768. The summed E-state index contributed by atoms with van der Waals surface area (Å²) in [5, 5.41) is 2.80. The summed E-state index contributed by atoms with van der Waals surface area (Å²) in [6.45, 7) is 5.30. The van der Waals surface area contributed by atoms with Crippen LogP contribution < -0.4 is 5.32 Å². The number of carbonyl (C=O) groups is 3. The standard InChI is InChI=1S/C19H30N4O3/c24-16-11-21(9-7-20-16)12-18(26)22-8-1-5-19(13-22)6-4-17(25)23(14-19)10-15-2-3-15/h15H,1-14H2,(H,20,24). The molecule has 4 aliphatic rings. The predicted octanol–water partition coefficient (Wildman–Crippen LogP) is 0.0594. The second kappa shape index (κ2) is 7.18. The van der Waals surface area contributed by atoms with Crippen LogP contribution in [0.3, 0.4) is 0 Å². The number of hydrogen-bond acceptors (Lipinski definition) is 4. The zero-order valence-electron chi connectivity index (χ0n) is 15.5. The first-order chi connectivity index (χ1) is 12.5. The lowest BCUT2D eigenvalue weighted by Gasteiger charge is -2.48. The molecule has 4 fully saturated rings. The van der Waals surface area contributed by atoms with Crippen LogP contribution >= 0.6 is 0 Å². The molecule has 4 rings (SSSR count). The number of piperazine rings is 1. The molecule has 0 aromatic carbocycles. The van der Waals surface area contributed by atoms with E-state index >= 15 is 0 Å². The van der Waals surface area contributed by atoms with E-state index < -0.39 is 0 Å². The molecule has 3 saturated heterocycles. The Kier molecular flexibility index (Phi) is 4.90. The van der Waals surface area contributed by atoms with Gasteiger partial charge in [-0.05, 0) is 38.0 Å². The molecule has 7 nitrogen and oxygen atoms in total. The maximum Gasteiger partial charge on any atom is 0.236 e. The molecule has 3 heterocycles. The lowest BCUT2D eigenvalue weighted by molar-refractivity contribution is -0.143. The van der Waals surface area contributed by atoms with Gasteiger partial charge in [-0.25, -0.2) is 0 Å². The molecule has 3 amide bonds. The van der Waals surface area contributed by atoms with Crippen molar-refractivity contribution in [1.82, 2.24) is 20.0 Å². The van der Waals surface area contributed by atoms with E-state index in [0.29, 0.717) is 37.9 Å². The van der Waals surface area contributed by atoms with Crippen LogP contribution in [0.5, 0.6) is 0 Å². The fraction of sp³-hybridized carbons (Fsp3) is 0.842. The van der Waals surface area contributed by atoms with Gasteiger partial charge in [0.15, 0.2) is 0 Å². The monoisotopic (exact) mass is 362 g/mol. The molecule has 0 aromatic heterocycles. The third-order valence-corrected chi connectivity index (χ3v) is 6.41. The highest BCUT2D eigenvalue weighted by Crippen LogP contribution is 2.40. The summed E-state index contributed by atoms with van der Waals surface area (Å²) >= 11 is 0. The Morgan fingerprint density at radius 3 is 2.77 bits per heavy atom. The summed E-state index contributed by atoms with van der Waals surface area (Å²) in [5.74, 6) is 1.14. The number of rotatable bonds is 4. The Labute approximate surface area is 155 Å². The minimum absolute atomic E-state index is 0.000625. The van der Waals surface area contributed by atoms with E-state index in [2.05, 4.69) is 10.2 Å². The maximum absolute atomic E-state index is 12.8. The fourth-order valence-corrected chi connectivity index (χ4v) is 4.75. The summed E-state index contributed by atoms with van der Waals surface area (Å²) in [5.41, 5.74) is 0.0793. The number of piperidine rings is 2. The Bertz CT molecular complexity index is 591. The van der Waals surface area contributed by atoms with Gasteiger partial charge in [0.25, 0.3) is 0 Å². The highest BCUT2D eigenvalue weighted by molar-refractivity contribution is 5.82. The Balaban J connectivity index is 1.36. The van der Waals surface area contributed by atoms with E-state index in [1.807, 2.05) is 9.80 Å². The number of amides is 3. The lowest BCUT2D eigenvalue weighted by Crippen LogP contribution is -2.57. The first-order valence-electron chi connectivity index (χ1n) is 10.1. The number of nitrogens with one attached hydrogen (secondary N) is 1. The Morgan fingerprint density at radius 1 is 1.15 bits per heavy atom. The zero-order chi connectivity index (χ0) is 18.1. The summed E-state index contributed by atoms with van der Waals surface area (Å²) < 4.78 is 0. The highest BCUT2D eigenvalue weighted by atomic mass is 16.2. The van der Waals surface area contributed by atoms with Gasteiger partial charge in [0.2, 0.25) is 17.7 Å². The number of hydrogen-bond donors (Lipinski definition) is 1. The zero-order valence-corrected chi connectivity index (χ0v) is 15.5. The average molecular weight is 362 g/mol. The van der Waals surface area contributed by atoms with Crippen molar-refractivity contribution in [3.05, 3.63) is 0 Å². The minimum Gasteiger partial charge on any atom is -0.354 e. The average Bonchev–Trinajstić information content (AvgIpc) is 3.43.